The van der Waals surface area contributed by atoms with E-state index in [1.54, 1.807) is 7.11 Å². The molecule has 5 nitrogen and oxygen atoms in total. The van der Waals surface area contributed by atoms with Crippen LogP contribution in [-0.4, -0.2) is 43.4 Å². The first kappa shape index (κ1) is 14.9. The number of aromatic nitrogens is 1. The lowest BCUT2D eigenvalue weighted by Gasteiger charge is -2.14. The molecule has 6 heteroatoms. The highest BCUT2D eigenvalue weighted by molar-refractivity contribution is 7.17. The van der Waals surface area contributed by atoms with Gasteiger partial charge >= 0.3 is 5.97 Å². The number of ether oxygens (including phenoxy) is 1. The molecule has 1 heterocycles. The number of hydrogen-bond acceptors (Lipinski definition) is 5. The quantitative estimate of drug-likeness (QED) is 0.826. The van der Waals surface area contributed by atoms with Crippen molar-refractivity contribution in [2.75, 3.05) is 32.2 Å². The van der Waals surface area contributed by atoms with Gasteiger partial charge in [0.15, 0.2) is 5.13 Å². The zero-order valence-corrected chi connectivity index (χ0v) is 12.1. The summed E-state index contributed by atoms with van der Waals surface area (Å²) in [5.74, 6) is -0.730. The Kier molecular flexibility index (Phi) is 5.55. The molecule has 0 spiro atoms. The molecule has 18 heavy (non-hydrogen) atoms. The number of carboxylic acids is 1. The third-order valence-electron chi connectivity index (χ3n) is 2.87. The lowest BCUT2D eigenvalue weighted by atomic mass is 10.0. The third-order valence-corrected chi connectivity index (χ3v) is 4.05. The van der Waals surface area contributed by atoms with Crippen LogP contribution >= 0.6 is 11.3 Å². The fourth-order valence-electron chi connectivity index (χ4n) is 1.49. The van der Waals surface area contributed by atoms with Crippen molar-refractivity contribution in [1.82, 2.24) is 4.98 Å². The summed E-state index contributed by atoms with van der Waals surface area (Å²) in [6, 6.07) is 0. The van der Waals surface area contributed by atoms with Crippen LogP contribution in [0.4, 0.5) is 5.13 Å². The number of nitrogens with zero attached hydrogens (tertiary/aromatic N) is 2. The monoisotopic (exact) mass is 272 g/mol. The second kappa shape index (κ2) is 6.70. The summed E-state index contributed by atoms with van der Waals surface area (Å²) >= 11 is 1.23. The zero-order chi connectivity index (χ0) is 13.7. The molecule has 1 unspecified atom stereocenters. The van der Waals surface area contributed by atoms with Gasteiger partial charge in [-0.25, -0.2) is 9.78 Å². The van der Waals surface area contributed by atoms with Gasteiger partial charge < -0.3 is 14.7 Å². The van der Waals surface area contributed by atoms with Crippen molar-refractivity contribution in [2.45, 2.75) is 26.2 Å². The average molecular weight is 272 g/mol. The molecule has 0 saturated carbocycles. The number of anilines is 1. The molecule has 0 fully saturated rings. The Morgan fingerprint density at radius 1 is 1.61 bits per heavy atom. The Labute approximate surface area is 111 Å². The van der Waals surface area contributed by atoms with Crippen molar-refractivity contribution < 1.29 is 14.6 Å². The Morgan fingerprint density at radius 3 is 2.78 bits per heavy atom. The maximum atomic E-state index is 11.2. The minimum atomic E-state index is -0.894. The van der Waals surface area contributed by atoms with Crippen LogP contribution in [0.5, 0.6) is 0 Å². The summed E-state index contributed by atoms with van der Waals surface area (Å²) in [4.78, 5) is 18.0. The maximum absolute atomic E-state index is 11.2. The van der Waals surface area contributed by atoms with Gasteiger partial charge in [0.2, 0.25) is 0 Å². The minimum Gasteiger partial charge on any atom is -0.477 e. The Hall–Kier alpha value is -1.14. The van der Waals surface area contributed by atoms with E-state index < -0.39 is 5.97 Å². The lowest BCUT2D eigenvalue weighted by Crippen LogP contribution is -2.21. The van der Waals surface area contributed by atoms with E-state index in [2.05, 4.69) is 4.98 Å². The molecule has 1 aromatic rings. The second-order valence-electron chi connectivity index (χ2n) is 4.24. The molecule has 1 atom stereocenters. The first-order valence-electron chi connectivity index (χ1n) is 5.95. The molecular weight excluding hydrogens is 252 g/mol. The molecule has 1 N–H and O–H groups in total. The lowest BCUT2D eigenvalue weighted by molar-refractivity contribution is 0.0700. The number of carbonyl (C=O) groups is 1. The van der Waals surface area contributed by atoms with E-state index in [0.717, 1.165) is 11.6 Å². The Balaban J connectivity index is 2.98. The van der Waals surface area contributed by atoms with E-state index >= 15 is 0 Å². The van der Waals surface area contributed by atoms with Crippen LogP contribution in [0.25, 0.3) is 0 Å². The van der Waals surface area contributed by atoms with Gasteiger partial charge in [0.25, 0.3) is 0 Å². The minimum absolute atomic E-state index is 0.164. The SMILES string of the molecule is CCC(C)c1nc(N(C)CCOC)sc1C(=O)O. The first-order chi connectivity index (χ1) is 8.51. The molecule has 0 aliphatic heterocycles. The second-order valence-corrected chi connectivity index (χ2v) is 5.22. The van der Waals surface area contributed by atoms with Gasteiger partial charge in [-0.15, -0.1) is 0 Å². The van der Waals surface area contributed by atoms with E-state index in [1.165, 1.54) is 11.3 Å². The maximum Gasteiger partial charge on any atom is 0.347 e. The van der Waals surface area contributed by atoms with Crippen LogP contribution in [0, 0.1) is 0 Å². The van der Waals surface area contributed by atoms with Gasteiger partial charge in [0.1, 0.15) is 4.88 Å². The van der Waals surface area contributed by atoms with E-state index in [0.29, 0.717) is 23.7 Å². The number of hydrogen-bond donors (Lipinski definition) is 1. The smallest absolute Gasteiger partial charge is 0.347 e. The average Bonchev–Trinajstić information content (AvgIpc) is 2.80. The number of rotatable bonds is 7. The normalized spacial score (nSPS) is 12.4. The Morgan fingerprint density at radius 2 is 2.28 bits per heavy atom. The summed E-state index contributed by atoms with van der Waals surface area (Å²) in [5, 5.41) is 9.94. The number of likely N-dealkylation sites (N-methyl/N-ethyl adjacent to an activating group) is 1. The van der Waals surface area contributed by atoms with Gasteiger partial charge in [-0.1, -0.05) is 25.2 Å². The number of aromatic carboxylic acids is 1. The van der Waals surface area contributed by atoms with Gasteiger partial charge in [0.05, 0.1) is 12.3 Å². The fourth-order valence-corrected chi connectivity index (χ4v) is 2.50. The van der Waals surface area contributed by atoms with Crippen LogP contribution in [0.1, 0.15) is 41.6 Å². The van der Waals surface area contributed by atoms with Crippen molar-refractivity contribution in [2.24, 2.45) is 0 Å². The zero-order valence-electron chi connectivity index (χ0n) is 11.3. The highest BCUT2D eigenvalue weighted by Crippen LogP contribution is 2.31. The van der Waals surface area contributed by atoms with Crippen LogP contribution in [0.3, 0.4) is 0 Å². The van der Waals surface area contributed by atoms with Gasteiger partial charge in [-0.3, -0.25) is 0 Å². The van der Waals surface area contributed by atoms with Crippen molar-refractivity contribution in [1.29, 1.82) is 0 Å². The topological polar surface area (TPSA) is 62.7 Å². The van der Waals surface area contributed by atoms with Crippen molar-refractivity contribution in [3.05, 3.63) is 10.6 Å². The molecule has 0 saturated heterocycles. The predicted octanol–water partition coefficient (Wildman–Crippen LogP) is 2.44. The molecule has 1 rings (SSSR count). The molecule has 0 aliphatic carbocycles. The van der Waals surface area contributed by atoms with Crippen LogP contribution in [-0.2, 0) is 4.74 Å². The van der Waals surface area contributed by atoms with E-state index in [4.69, 9.17) is 4.74 Å². The molecule has 1 aromatic heterocycles. The highest BCUT2D eigenvalue weighted by Gasteiger charge is 2.22. The molecule has 102 valence electrons. The summed E-state index contributed by atoms with van der Waals surface area (Å²) in [7, 11) is 3.53. The molecular formula is C12H20N2O3S. The number of carboxylic acid groups (broad SMARTS) is 1. The van der Waals surface area contributed by atoms with E-state index in [9.17, 15) is 9.90 Å². The van der Waals surface area contributed by atoms with Crippen molar-refractivity contribution >= 4 is 22.4 Å². The molecule has 0 amide bonds. The van der Waals surface area contributed by atoms with Crippen LogP contribution < -0.4 is 4.90 Å². The third kappa shape index (κ3) is 3.43. The number of thiazole rings is 1. The van der Waals surface area contributed by atoms with Crippen LogP contribution in [0.15, 0.2) is 0 Å². The number of methoxy groups -OCH3 is 1. The van der Waals surface area contributed by atoms with Gasteiger partial charge in [-0.05, 0) is 12.3 Å². The first-order valence-corrected chi connectivity index (χ1v) is 6.77. The summed E-state index contributed by atoms with van der Waals surface area (Å²) in [6.45, 7) is 5.32. The molecule has 0 bridgehead atoms. The predicted molar refractivity (Wildman–Crippen MR) is 72.9 cm³/mol. The molecule has 0 aliphatic rings. The Bertz CT molecular complexity index is 406. The fraction of sp³-hybridized carbons (Fsp3) is 0.667. The van der Waals surface area contributed by atoms with Crippen molar-refractivity contribution in [3.8, 4) is 0 Å². The van der Waals surface area contributed by atoms with E-state index in [-0.39, 0.29) is 5.92 Å². The molecule has 0 radical (unpaired) electrons. The summed E-state index contributed by atoms with van der Waals surface area (Å²) < 4.78 is 5.01. The van der Waals surface area contributed by atoms with Crippen molar-refractivity contribution in [3.63, 3.8) is 0 Å². The van der Waals surface area contributed by atoms with Gasteiger partial charge in [-0.2, -0.15) is 0 Å². The van der Waals surface area contributed by atoms with Gasteiger partial charge in [0, 0.05) is 20.7 Å². The highest BCUT2D eigenvalue weighted by atomic mass is 32.1. The summed E-state index contributed by atoms with van der Waals surface area (Å²) in [6.07, 6.45) is 0.880. The summed E-state index contributed by atoms with van der Waals surface area (Å²) in [5.41, 5.74) is 0.689. The standard InChI is InChI=1S/C12H20N2O3S/c1-5-8(2)9-10(11(15)16)18-12(13-9)14(3)6-7-17-4/h8H,5-7H2,1-4H3,(H,15,16). The molecule has 0 aromatic carbocycles. The van der Waals surface area contributed by atoms with E-state index in [1.807, 2.05) is 25.8 Å². The van der Waals surface area contributed by atoms with Crippen LogP contribution in [0.2, 0.25) is 0 Å². The largest absolute Gasteiger partial charge is 0.477 e.